The van der Waals surface area contributed by atoms with Gasteiger partial charge in [-0.05, 0) is 38.1 Å². The number of aromatic nitrogens is 3. The first kappa shape index (κ1) is 21.2. The lowest BCUT2D eigenvalue weighted by Gasteiger charge is -2.17. The Hall–Kier alpha value is -4.01. The fourth-order valence-corrected chi connectivity index (χ4v) is 3.57. The van der Waals surface area contributed by atoms with Gasteiger partial charge in [0, 0.05) is 12.6 Å². The first-order valence-corrected chi connectivity index (χ1v) is 10.2. The molecule has 8 nitrogen and oxygen atoms in total. The number of amides is 1. The van der Waals surface area contributed by atoms with E-state index < -0.39 is 23.7 Å². The molecule has 0 aliphatic heterocycles. The quantitative estimate of drug-likeness (QED) is 0.450. The van der Waals surface area contributed by atoms with E-state index in [4.69, 9.17) is 10.5 Å². The lowest BCUT2D eigenvalue weighted by Crippen LogP contribution is -2.36. The van der Waals surface area contributed by atoms with Crippen LogP contribution in [0.3, 0.4) is 0 Å². The molecule has 164 valence electrons. The van der Waals surface area contributed by atoms with Crippen molar-refractivity contribution in [3.63, 3.8) is 0 Å². The van der Waals surface area contributed by atoms with Gasteiger partial charge in [-0.15, -0.1) is 0 Å². The van der Waals surface area contributed by atoms with Crippen molar-refractivity contribution in [2.45, 2.75) is 26.4 Å². The SMILES string of the molecule is CCOC(=O)c1c(N)n(CC(C)NC(=O)c2ccccc2F)c2nc3ccccc3nc12. The number of para-hydroxylation sites is 2. The number of esters is 1. The second-order valence-corrected chi connectivity index (χ2v) is 7.33. The van der Waals surface area contributed by atoms with Crippen LogP contribution < -0.4 is 11.1 Å². The number of halogens is 1. The summed E-state index contributed by atoms with van der Waals surface area (Å²) in [6.07, 6.45) is 0. The van der Waals surface area contributed by atoms with Crippen molar-refractivity contribution in [1.82, 2.24) is 19.9 Å². The summed E-state index contributed by atoms with van der Waals surface area (Å²) in [4.78, 5) is 34.3. The molecule has 0 saturated heterocycles. The number of benzene rings is 2. The number of nitrogens with one attached hydrogen (secondary N) is 1. The van der Waals surface area contributed by atoms with Crippen molar-refractivity contribution in [2.75, 3.05) is 12.3 Å². The van der Waals surface area contributed by atoms with Gasteiger partial charge in [-0.1, -0.05) is 24.3 Å². The molecule has 2 aromatic carbocycles. The van der Waals surface area contributed by atoms with Crippen LogP contribution in [0, 0.1) is 5.82 Å². The number of nitrogens with two attached hydrogens (primary N) is 1. The van der Waals surface area contributed by atoms with E-state index in [1.54, 1.807) is 30.5 Å². The summed E-state index contributed by atoms with van der Waals surface area (Å²) in [6.45, 7) is 3.83. The molecule has 4 aromatic rings. The highest BCUT2D eigenvalue weighted by Crippen LogP contribution is 2.28. The summed E-state index contributed by atoms with van der Waals surface area (Å²) < 4.78 is 20.7. The molecule has 0 bridgehead atoms. The standard InChI is InChI=1S/C23H22FN5O3/c1-3-32-23(31)18-19-21(28-17-11-7-6-10-16(17)27-19)29(20(18)25)12-13(2)26-22(30)14-8-4-5-9-15(14)24/h4-11,13H,3,12,25H2,1-2H3,(H,26,30). The van der Waals surface area contributed by atoms with Crippen LogP contribution >= 0.6 is 0 Å². The molecule has 0 aliphatic rings. The highest BCUT2D eigenvalue weighted by atomic mass is 19.1. The molecule has 0 saturated carbocycles. The van der Waals surface area contributed by atoms with Gasteiger partial charge in [-0.25, -0.2) is 19.2 Å². The van der Waals surface area contributed by atoms with E-state index >= 15 is 0 Å². The molecule has 0 fully saturated rings. The Morgan fingerprint density at radius 1 is 1.12 bits per heavy atom. The minimum absolute atomic E-state index is 0.0531. The Balaban J connectivity index is 1.73. The van der Waals surface area contributed by atoms with Crippen LogP contribution in [0.15, 0.2) is 48.5 Å². The van der Waals surface area contributed by atoms with Gasteiger partial charge in [-0.3, -0.25) is 4.79 Å². The van der Waals surface area contributed by atoms with Crippen LogP contribution in [-0.2, 0) is 11.3 Å². The number of nitrogens with zero attached hydrogens (tertiary/aromatic N) is 3. The predicted molar refractivity (Wildman–Crippen MR) is 119 cm³/mol. The zero-order valence-corrected chi connectivity index (χ0v) is 17.6. The van der Waals surface area contributed by atoms with Gasteiger partial charge < -0.3 is 20.4 Å². The molecule has 2 heterocycles. The highest BCUT2D eigenvalue weighted by molar-refractivity contribution is 6.08. The van der Waals surface area contributed by atoms with E-state index in [1.165, 1.54) is 18.2 Å². The lowest BCUT2D eigenvalue weighted by molar-refractivity contribution is 0.0529. The van der Waals surface area contributed by atoms with Crippen LogP contribution in [0.2, 0.25) is 0 Å². The van der Waals surface area contributed by atoms with Crippen molar-refractivity contribution in [3.05, 3.63) is 65.5 Å². The van der Waals surface area contributed by atoms with Crippen LogP contribution in [-0.4, -0.2) is 39.1 Å². The molecule has 4 rings (SSSR count). The van der Waals surface area contributed by atoms with E-state index in [0.717, 1.165) is 0 Å². The molecule has 1 unspecified atom stereocenters. The van der Waals surface area contributed by atoms with Crippen molar-refractivity contribution < 1.29 is 18.7 Å². The van der Waals surface area contributed by atoms with Crippen LogP contribution in [0.1, 0.15) is 34.6 Å². The highest BCUT2D eigenvalue weighted by Gasteiger charge is 2.26. The van der Waals surface area contributed by atoms with Crippen LogP contribution in [0.25, 0.3) is 22.2 Å². The second kappa shape index (κ2) is 8.62. The van der Waals surface area contributed by atoms with Crippen molar-refractivity contribution >= 4 is 39.9 Å². The van der Waals surface area contributed by atoms with E-state index in [1.807, 2.05) is 18.2 Å². The molecule has 3 N–H and O–H groups in total. The molecule has 32 heavy (non-hydrogen) atoms. The fraction of sp³-hybridized carbons (Fsp3) is 0.217. The third-order valence-corrected chi connectivity index (χ3v) is 5.02. The van der Waals surface area contributed by atoms with Crippen LogP contribution in [0.4, 0.5) is 10.2 Å². The number of nitrogen functional groups attached to an aromatic ring is 1. The zero-order valence-electron chi connectivity index (χ0n) is 17.6. The van der Waals surface area contributed by atoms with Crippen LogP contribution in [0.5, 0.6) is 0 Å². The van der Waals surface area contributed by atoms with E-state index in [9.17, 15) is 14.0 Å². The van der Waals surface area contributed by atoms with Gasteiger partial charge in [0.05, 0.1) is 23.2 Å². The summed E-state index contributed by atoms with van der Waals surface area (Å²) in [5.41, 5.74) is 8.39. The molecule has 2 aromatic heterocycles. The number of carbonyl (C=O) groups is 2. The third-order valence-electron chi connectivity index (χ3n) is 5.02. The maximum atomic E-state index is 13.9. The Bertz CT molecular complexity index is 1330. The predicted octanol–water partition coefficient (Wildman–Crippen LogP) is 3.30. The number of ether oxygens (including phenoxy) is 1. The van der Waals surface area contributed by atoms with Gasteiger partial charge in [0.1, 0.15) is 22.7 Å². The molecular weight excluding hydrogens is 413 g/mol. The average Bonchev–Trinajstić information content (AvgIpc) is 3.03. The van der Waals surface area contributed by atoms with Gasteiger partial charge >= 0.3 is 5.97 Å². The lowest BCUT2D eigenvalue weighted by atomic mass is 10.2. The zero-order chi connectivity index (χ0) is 22.8. The Morgan fingerprint density at radius 3 is 2.47 bits per heavy atom. The molecule has 0 radical (unpaired) electrons. The summed E-state index contributed by atoms with van der Waals surface area (Å²) >= 11 is 0. The number of hydrogen-bond donors (Lipinski definition) is 2. The Kier molecular flexibility index (Phi) is 5.72. The molecule has 0 aliphatic carbocycles. The van der Waals surface area contributed by atoms with Gasteiger partial charge in [0.25, 0.3) is 5.91 Å². The number of carbonyl (C=O) groups excluding carboxylic acids is 2. The van der Waals surface area contributed by atoms with Crippen molar-refractivity contribution in [1.29, 1.82) is 0 Å². The van der Waals surface area contributed by atoms with Gasteiger partial charge in [0.2, 0.25) is 0 Å². The summed E-state index contributed by atoms with van der Waals surface area (Å²) in [5.74, 6) is -1.61. The minimum atomic E-state index is -0.606. The average molecular weight is 435 g/mol. The maximum absolute atomic E-state index is 13.9. The molecule has 1 amide bonds. The fourth-order valence-electron chi connectivity index (χ4n) is 3.57. The van der Waals surface area contributed by atoms with Gasteiger partial charge in [0.15, 0.2) is 5.65 Å². The monoisotopic (exact) mass is 435 g/mol. The minimum Gasteiger partial charge on any atom is -0.462 e. The summed E-state index contributed by atoms with van der Waals surface area (Å²) in [6, 6.07) is 12.6. The van der Waals surface area contributed by atoms with E-state index in [2.05, 4.69) is 15.3 Å². The Labute approximate surface area is 183 Å². The largest absolute Gasteiger partial charge is 0.462 e. The smallest absolute Gasteiger partial charge is 0.344 e. The van der Waals surface area contributed by atoms with E-state index in [-0.39, 0.29) is 30.1 Å². The van der Waals surface area contributed by atoms with Gasteiger partial charge in [-0.2, -0.15) is 0 Å². The number of anilines is 1. The maximum Gasteiger partial charge on any atom is 0.344 e. The topological polar surface area (TPSA) is 112 Å². The van der Waals surface area contributed by atoms with E-state index in [0.29, 0.717) is 22.2 Å². The van der Waals surface area contributed by atoms with Crippen molar-refractivity contribution in [2.24, 2.45) is 0 Å². The van der Waals surface area contributed by atoms with Crippen molar-refractivity contribution in [3.8, 4) is 0 Å². The molecule has 9 heteroatoms. The summed E-state index contributed by atoms with van der Waals surface area (Å²) in [7, 11) is 0. The second-order valence-electron chi connectivity index (χ2n) is 7.33. The number of fused-ring (bicyclic) bond motifs is 2. The third kappa shape index (κ3) is 3.84. The summed E-state index contributed by atoms with van der Waals surface area (Å²) in [5, 5.41) is 2.76. The molecule has 0 spiro atoms. The normalized spacial score (nSPS) is 12.1. The first-order valence-electron chi connectivity index (χ1n) is 10.2. The first-order chi connectivity index (χ1) is 15.4. The number of rotatable bonds is 6. The molecular formula is C23H22FN5O3. The molecule has 1 atom stereocenters. The Morgan fingerprint density at radius 2 is 1.78 bits per heavy atom. The number of hydrogen-bond acceptors (Lipinski definition) is 6.